The topological polar surface area (TPSA) is 84.6 Å². The Labute approximate surface area is 265 Å². The highest BCUT2D eigenvalue weighted by Crippen LogP contribution is 2.31. The molecule has 5 aromatic rings. The van der Waals surface area contributed by atoms with Crippen LogP contribution < -0.4 is 9.30 Å². The van der Waals surface area contributed by atoms with Crippen LogP contribution in [0.4, 0.5) is 22.0 Å². The van der Waals surface area contributed by atoms with Gasteiger partial charge in [0.05, 0.1) is 21.2 Å². The lowest BCUT2D eigenvalue weighted by atomic mass is 10.0. The molecule has 0 radical (unpaired) electrons. The number of aromatic nitrogens is 1. The molecule has 0 N–H and O–H groups in total. The summed E-state index contributed by atoms with van der Waals surface area (Å²) in [6.45, 7) is 1.26. The minimum Gasteiger partial charge on any atom is -0.420 e. The van der Waals surface area contributed by atoms with Crippen LogP contribution in [-0.2, 0) is 21.4 Å². The monoisotopic (exact) mass is 667 g/mol. The van der Waals surface area contributed by atoms with E-state index in [0.29, 0.717) is 26.1 Å². The van der Waals surface area contributed by atoms with Gasteiger partial charge < -0.3 is 4.74 Å². The highest BCUT2D eigenvalue weighted by molar-refractivity contribution is 7.89. The molecule has 0 aliphatic carbocycles. The van der Waals surface area contributed by atoms with Gasteiger partial charge in [0, 0.05) is 25.1 Å². The number of esters is 1. The fourth-order valence-electron chi connectivity index (χ4n) is 5.11. The standard InChI is InChI=1S/C34H24F5N2O5S/c1-3-18-40-24-11-6-4-9-22(24)27(23-10-5-7-12-25(23)40)34(43)41(47(44,45)21-16-14-20(2)15-17-21)19-8-13-26(42)46-33-31(38)29(36)28(35)30(37)32(33)39/h1,4-7,9-12,14-17H,8,13,18-19H2,2H3/q+1. The molecule has 0 saturated heterocycles. The first-order valence-corrected chi connectivity index (χ1v) is 15.4. The lowest BCUT2D eigenvalue weighted by Gasteiger charge is -2.24. The highest BCUT2D eigenvalue weighted by Gasteiger charge is 2.34. The molecule has 4 aromatic carbocycles. The molecule has 1 amide bonds. The van der Waals surface area contributed by atoms with E-state index in [-0.39, 0.29) is 17.0 Å². The molecule has 47 heavy (non-hydrogen) atoms. The molecule has 0 spiro atoms. The van der Waals surface area contributed by atoms with Crippen LogP contribution in [-0.4, -0.2) is 31.1 Å². The SMILES string of the molecule is C#CC[n+]1c2ccccc2c(C(=O)N(CCCC(=O)Oc2c(F)c(F)c(F)c(F)c2F)S(=O)(=O)c2ccc(C)cc2)c2ccccc21. The van der Waals surface area contributed by atoms with Crippen molar-refractivity contribution in [1.29, 1.82) is 0 Å². The van der Waals surface area contributed by atoms with Crippen molar-refractivity contribution in [2.24, 2.45) is 0 Å². The fraction of sp³-hybridized carbons (Fsp3) is 0.147. The minimum absolute atomic E-state index is 0.0316. The van der Waals surface area contributed by atoms with Crippen molar-refractivity contribution in [2.45, 2.75) is 31.2 Å². The van der Waals surface area contributed by atoms with Crippen LogP contribution >= 0.6 is 0 Å². The number of benzene rings is 4. The predicted molar refractivity (Wildman–Crippen MR) is 161 cm³/mol. The Morgan fingerprint density at radius 1 is 0.809 bits per heavy atom. The summed E-state index contributed by atoms with van der Waals surface area (Å²) in [5.41, 5.74) is 1.87. The molecule has 1 heterocycles. The van der Waals surface area contributed by atoms with Gasteiger partial charge in [0.15, 0.2) is 0 Å². The van der Waals surface area contributed by atoms with Crippen molar-refractivity contribution in [3.63, 3.8) is 0 Å². The second-order valence-corrected chi connectivity index (χ2v) is 12.2. The molecular formula is C34H24F5N2O5S+. The van der Waals surface area contributed by atoms with Gasteiger partial charge in [-0.2, -0.15) is 13.3 Å². The zero-order chi connectivity index (χ0) is 34.0. The molecule has 1 aromatic heterocycles. The number of para-hydroxylation sites is 2. The summed E-state index contributed by atoms with van der Waals surface area (Å²) >= 11 is 0. The van der Waals surface area contributed by atoms with Gasteiger partial charge in [0.2, 0.25) is 52.4 Å². The zero-order valence-electron chi connectivity index (χ0n) is 24.6. The summed E-state index contributed by atoms with van der Waals surface area (Å²) in [6.07, 6.45) is 4.43. The number of hydrogen-bond acceptors (Lipinski definition) is 5. The number of fused-ring (bicyclic) bond motifs is 2. The minimum atomic E-state index is -4.58. The third-order valence-corrected chi connectivity index (χ3v) is 9.15. The van der Waals surface area contributed by atoms with E-state index in [9.17, 15) is 40.0 Å². The Morgan fingerprint density at radius 3 is 1.85 bits per heavy atom. The highest BCUT2D eigenvalue weighted by atomic mass is 32.2. The molecule has 5 rings (SSSR count). The summed E-state index contributed by atoms with van der Waals surface area (Å²) in [4.78, 5) is 26.7. The van der Waals surface area contributed by atoms with Crippen LogP contribution in [0.1, 0.15) is 28.8 Å². The number of aryl methyl sites for hydroxylation is 1. The number of halogens is 5. The molecule has 0 fully saturated rings. The van der Waals surface area contributed by atoms with Crippen molar-refractivity contribution < 1.29 is 49.3 Å². The molecular weight excluding hydrogens is 643 g/mol. The number of sulfonamides is 1. The maximum atomic E-state index is 14.5. The Kier molecular flexibility index (Phi) is 9.26. The molecule has 0 atom stereocenters. The summed E-state index contributed by atoms with van der Waals surface area (Å²) in [6, 6.07) is 19.2. The maximum Gasteiger partial charge on any atom is 0.311 e. The summed E-state index contributed by atoms with van der Waals surface area (Å²) in [7, 11) is -4.58. The number of carbonyl (C=O) groups is 2. The third-order valence-electron chi connectivity index (χ3n) is 7.35. The average Bonchev–Trinajstić information content (AvgIpc) is 3.06. The van der Waals surface area contributed by atoms with Crippen LogP contribution in [0.5, 0.6) is 5.75 Å². The van der Waals surface area contributed by atoms with Crippen LogP contribution in [0.2, 0.25) is 0 Å². The Bertz CT molecular complexity index is 2130. The first-order chi connectivity index (χ1) is 22.4. The van der Waals surface area contributed by atoms with Gasteiger partial charge in [-0.15, -0.1) is 6.42 Å². The Balaban J connectivity index is 1.55. The van der Waals surface area contributed by atoms with Crippen molar-refractivity contribution in [3.8, 4) is 18.1 Å². The molecule has 7 nitrogen and oxygen atoms in total. The molecule has 0 bridgehead atoms. The number of ether oxygens (including phenoxy) is 1. The number of terminal acetylenes is 1. The normalized spacial score (nSPS) is 11.4. The van der Waals surface area contributed by atoms with Gasteiger partial charge in [-0.25, -0.2) is 25.9 Å². The maximum absolute atomic E-state index is 14.5. The number of carbonyl (C=O) groups excluding carboxylic acids is 2. The smallest absolute Gasteiger partial charge is 0.311 e. The van der Waals surface area contributed by atoms with E-state index in [0.717, 1.165) is 5.56 Å². The lowest BCUT2D eigenvalue weighted by molar-refractivity contribution is -0.632. The third kappa shape index (κ3) is 6.12. The Morgan fingerprint density at radius 2 is 1.32 bits per heavy atom. The van der Waals surface area contributed by atoms with E-state index in [1.807, 2.05) is 0 Å². The van der Waals surface area contributed by atoms with Crippen LogP contribution in [0.25, 0.3) is 21.8 Å². The number of hydrogen-bond donors (Lipinski definition) is 0. The Hall–Kier alpha value is -5.35. The quantitative estimate of drug-likeness (QED) is 0.0276. The van der Waals surface area contributed by atoms with Gasteiger partial charge in [0.1, 0.15) is 0 Å². The van der Waals surface area contributed by atoms with Gasteiger partial charge >= 0.3 is 5.97 Å². The van der Waals surface area contributed by atoms with E-state index in [1.54, 1.807) is 60.0 Å². The molecule has 240 valence electrons. The van der Waals surface area contributed by atoms with Crippen LogP contribution in [0, 0.1) is 48.4 Å². The van der Waals surface area contributed by atoms with Gasteiger partial charge in [-0.05, 0) is 43.5 Å². The molecule has 0 aliphatic rings. The van der Waals surface area contributed by atoms with E-state index < -0.39 is 76.1 Å². The predicted octanol–water partition coefficient (Wildman–Crippen LogP) is 6.13. The van der Waals surface area contributed by atoms with E-state index in [4.69, 9.17) is 6.42 Å². The summed E-state index contributed by atoms with van der Waals surface area (Å²) in [5.74, 6) is -13.3. The van der Waals surface area contributed by atoms with Gasteiger partial charge in [-0.3, -0.25) is 9.59 Å². The number of amides is 1. The molecule has 0 saturated carbocycles. The van der Waals surface area contributed by atoms with Crippen molar-refractivity contribution >= 4 is 43.7 Å². The molecule has 0 unspecified atom stereocenters. The van der Waals surface area contributed by atoms with Crippen molar-refractivity contribution in [3.05, 3.63) is 113 Å². The van der Waals surface area contributed by atoms with Gasteiger partial charge in [0.25, 0.3) is 15.9 Å². The first-order valence-electron chi connectivity index (χ1n) is 14.0. The lowest BCUT2D eigenvalue weighted by Crippen LogP contribution is -2.40. The number of pyridine rings is 1. The van der Waals surface area contributed by atoms with E-state index in [1.165, 1.54) is 24.3 Å². The first kappa shape index (κ1) is 33.0. The molecule has 0 aliphatic heterocycles. The van der Waals surface area contributed by atoms with E-state index >= 15 is 0 Å². The summed E-state index contributed by atoms with van der Waals surface area (Å²) < 4.78 is 104. The van der Waals surface area contributed by atoms with E-state index in [2.05, 4.69) is 10.7 Å². The van der Waals surface area contributed by atoms with Gasteiger partial charge in [-0.1, -0.05) is 42.0 Å². The average molecular weight is 668 g/mol. The van der Waals surface area contributed by atoms with Crippen molar-refractivity contribution in [2.75, 3.05) is 6.54 Å². The summed E-state index contributed by atoms with van der Waals surface area (Å²) in [5, 5.41) is 0.780. The number of nitrogens with zero attached hydrogens (tertiary/aromatic N) is 2. The van der Waals surface area contributed by atoms with Crippen LogP contribution in [0.15, 0.2) is 77.7 Å². The molecule has 13 heteroatoms. The number of rotatable bonds is 9. The van der Waals surface area contributed by atoms with Crippen molar-refractivity contribution in [1.82, 2.24) is 4.31 Å². The zero-order valence-corrected chi connectivity index (χ0v) is 25.4. The fourth-order valence-corrected chi connectivity index (χ4v) is 6.52. The second kappa shape index (κ2) is 13.2. The second-order valence-electron chi connectivity index (χ2n) is 10.4. The van der Waals surface area contributed by atoms with Crippen LogP contribution in [0.3, 0.4) is 0 Å². The largest absolute Gasteiger partial charge is 0.420 e.